The number of carbonyl (C=O) groups excluding carboxylic acids is 1. The van der Waals surface area contributed by atoms with E-state index >= 15 is 0 Å². The van der Waals surface area contributed by atoms with E-state index in [9.17, 15) is 4.79 Å². The molecule has 1 amide bonds. The third-order valence-electron chi connectivity index (χ3n) is 4.80. The van der Waals surface area contributed by atoms with E-state index in [0.717, 1.165) is 43.9 Å². The zero-order valence-electron chi connectivity index (χ0n) is 14.0. The number of benzene rings is 1. The highest BCUT2D eigenvalue weighted by atomic mass is 16.2. The standard InChI is InChI=1S/C19H25N3O/c1-3-20(4-2)18-11-14-22(15-18)19(23)16-7-9-17(10-8-16)21-12-5-6-13-21/h5-10,12-13,18H,3-4,11,14-15H2,1-2H3. The first-order valence-corrected chi connectivity index (χ1v) is 8.49. The van der Waals surface area contributed by atoms with Crippen molar-refractivity contribution in [3.05, 3.63) is 54.4 Å². The first-order chi connectivity index (χ1) is 11.2. The van der Waals surface area contributed by atoms with E-state index in [4.69, 9.17) is 0 Å². The summed E-state index contributed by atoms with van der Waals surface area (Å²) in [7, 11) is 0. The maximum absolute atomic E-state index is 12.7. The third-order valence-corrected chi connectivity index (χ3v) is 4.80. The number of hydrogen-bond donors (Lipinski definition) is 0. The number of hydrogen-bond acceptors (Lipinski definition) is 2. The molecule has 0 radical (unpaired) electrons. The lowest BCUT2D eigenvalue weighted by atomic mass is 10.2. The van der Waals surface area contributed by atoms with Crippen LogP contribution in [-0.2, 0) is 0 Å². The van der Waals surface area contributed by atoms with Crippen molar-refractivity contribution in [2.45, 2.75) is 26.3 Å². The summed E-state index contributed by atoms with van der Waals surface area (Å²) in [6.07, 6.45) is 5.09. The van der Waals surface area contributed by atoms with Gasteiger partial charge >= 0.3 is 0 Å². The van der Waals surface area contributed by atoms with Crippen molar-refractivity contribution in [3.63, 3.8) is 0 Å². The van der Waals surface area contributed by atoms with E-state index in [0.29, 0.717) is 6.04 Å². The molecule has 4 nitrogen and oxygen atoms in total. The van der Waals surface area contributed by atoms with Crippen molar-refractivity contribution in [1.29, 1.82) is 0 Å². The van der Waals surface area contributed by atoms with Crippen LogP contribution in [-0.4, -0.2) is 52.5 Å². The number of amides is 1. The van der Waals surface area contributed by atoms with Crippen molar-refractivity contribution in [1.82, 2.24) is 14.4 Å². The number of rotatable bonds is 5. The van der Waals surface area contributed by atoms with Crippen LogP contribution < -0.4 is 0 Å². The van der Waals surface area contributed by atoms with E-state index in [1.54, 1.807) is 0 Å². The molecule has 0 N–H and O–H groups in total. The maximum atomic E-state index is 12.7. The molecular formula is C19H25N3O. The van der Waals surface area contributed by atoms with Gasteiger partial charge in [-0.2, -0.15) is 0 Å². The van der Waals surface area contributed by atoms with Crippen LogP contribution in [0.2, 0.25) is 0 Å². The molecule has 0 bridgehead atoms. The Labute approximate surface area is 138 Å². The molecule has 4 heteroatoms. The monoisotopic (exact) mass is 311 g/mol. The Bertz CT molecular complexity index is 629. The molecule has 2 aromatic rings. The molecule has 1 unspecified atom stereocenters. The van der Waals surface area contributed by atoms with Gasteiger partial charge in [0.25, 0.3) is 5.91 Å². The van der Waals surface area contributed by atoms with Crippen LogP contribution in [0.15, 0.2) is 48.8 Å². The van der Waals surface area contributed by atoms with E-state index in [1.807, 2.05) is 58.3 Å². The van der Waals surface area contributed by atoms with Crippen molar-refractivity contribution in [2.24, 2.45) is 0 Å². The minimum absolute atomic E-state index is 0.152. The minimum atomic E-state index is 0.152. The zero-order valence-corrected chi connectivity index (χ0v) is 14.0. The molecule has 1 fully saturated rings. The number of likely N-dealkylation sites (N-methyl/N-ethyl adjacent to an activating group) is 1. The minimum Gasteiger partial charge on any atom is -0.337 e. The molecule has 0 spiro atoms. The van der Waals surface area contributed by atoms with Gasteiger partial charge in [0.05, 0.1) is 0 Å². The van der Waals surface area contributed by atoms with Gasteiger partial charge in [-0.05, 0) is 55.9 Å². The smallest absolute Gasteiger partial charge is 0.253 e. The molecule has 2 heterocycles. The molecular weight excluding hydrogens is 286 g/mol. The van der Waals surface area contributed by atoms with Crippen LogP contribution in [0.1, 0.15) is 30.6 Å². The Hall–Kier alpha value is -2.07. The first kappa shape index (κ1) is 15.8. The van der Waals surface area contributed by atoms with Gasteiger partial charge in [0, 0.05) is 42.8 Å². The summed E-state index contributed by atoms with van der Waals surface area (Å²) in [6, 6.07) is 12.4. The first-order valence-electron chi connectivity index (χ1n) is 8.49. The van der Waals surface area contributed by atoms with Gasteiger partial charge in [-0.3, -0.25) is 9.69 Å². The summed E-state index contributed by atoms with van der Waals surface area (Å²) in [6.45, 7) is 8.19. The molecule has 1 aromatic heterocycles. The average molecular weight is 311 g/mol. The summed E-state index contributed by atoms with van der Waals surface area (Å²) >= 11 is 0. The molecule has 0 saturated carbocycles. The van der Waals surface area contributed by atoms with Crippen LogP contribution >= 0.6 is 0 Å². The lowest BCUT2D eigenvalue weighted by Crippen LogP contribution is -2.38. The predicted molar refractivity (Wildman–Crippen MR) is 93.0 cm³/mol. The molecule has 1 atom stereocenters. The summed E-state index contributed by atoms with van der Waals surface area (Å²) in [5.74, 6) is 0.152. The van der Waals surface area contributed by atoms with E-state index in [1.165, 1.54) is 0 Å². The van der Waals surface area contributed by atoms with Crippen molar-refractivity contribution in [2.75, 3.05) is 26.2 Å². The van der Waals surface area contributed by atoms with Crippen molar-refractivity contribution >= 4 is 5.91 Å². The fourth-order valence-electron chi connectivity index (χ4n) is 3.43. The Morgan fingerprint density at radius 1 is 1.13 bits per heavy atom. The highest BCUT2D eigenvalue weighted by Crippen LogP contribution is 2.19. The molecule has 1 aliphatic heterocycles. The molecule has 0 aliphatic carbocycles. The van der Waals surface area contributed by atoms with Gasteiger partial charge in [0.15, 0.2) is 0 Å². The molecule has 1 aliphatic rings. The number of carbonyl (C=O) groups is 1. The molecule has 23 heavy (non-hydrogen) atoms. The fraction of sp³-hybridized carbons (Fsp3) is 0.421. The summed E-state index contributed by atoms with van der Waals surface area (Å²) in [5, 5.41) is 0. The van der Waals surface area contributed by atoms with Crippen LogP contribution in [0.5, 0.6) is 0 Å². The number of nitrogens with zero attached hydrogens (tertiary/aromatic N) is 3. The molecule has 3 rings (SSSR count). The molecule has 1 aromatic carbocycles. The second-order valence-corrected chi connectivity index (χ2v) is 6.05. The van der Waals surface area contributed by atoms with Gasteiger partial charge in [0.1, 0.15) is 0 Å². The summed E-state index contributed by atoms with van der Waals surface area (Å²) in [4.78, 5) is 17.1. The quantitative estimate of drug-likeness (QED) is 0.849. The highest BCUT2D eigenvalue weighted by Gasteiger charge is 2.29. The fourth-order valence-corrected chi connectivity index (χ4v) is 3.43. The average Bonchev–Trinajstić information content (AvgIpc) is 3.28. The summed E-state index contributed by atoms with van der Waals surface area (Å²) < 4.78 is 2.04. The second-order valence-electron chi connectivity index (χ2n) is 6.05. The normalized spacial score (nSPS) is 17.9. The lowest BCUT2D eigenvalue weighted by Gasteiger charge is -2.26. The Morgan fingerprint density at radius 3 is 2.39 bits per heavy atom. The third kappa shape index (κ3) is 3.32. The van der Waals surface area contributed by atoms with Gasteiger partial charge in [-0.25, -0.2) is 0 Å². The van der Waals surface area contributed by atoms with Crippen LogP contribution in [0, 0.1) is 0 Å². The van der Waals surface area contributed by atoms with Crippen LogP contribution in [0.4, 0.5) is 0 Å². The Morgan fingerprint density at radius 2 is 1.78 bits per heavy atom. The van der Waals surface area contributed by atoms with Crippen LogP contribution in [0.3, 0.4) is 0 Å². The molecule has 1 saturated heterocycles. The predicted octanol–water partition coefficient (Wildman–Crippen LogP) is 3.03. The maximum Gasteiger partial charge on any atom is 0.253 e. The van der Waals surface area contributed by atoms with Crippen LogP contribution in [0.25, 0.3) is 5.69 Å². The van der Waals surface area contributed by atoms with Gasteiger partial charge in [-0.15, -0.1) is 0 Å². The SMILES string of the molecule is CCN(CC)C1CCN(C(=O)c2ccc(-n3cccc3)cc2)C1. The van der Waals surface area contributed by atoms with Gasteiger partial charge in [0.2, 0.25) is 0 Å². The summed E-state index contributed by atoms with van der Waals surface area (Å²) in [5.41, 5.74) is 1.86. The Kier molecular flexibility index (Phi) is 4.82. The number of aromatic nitrogens is 1. The van der Waals surface area contributed by atoms with Crippen molar-refractivity contribution in [3.8, 4) is 5.69 Å². The van der Waals surface area contributed by atoms with E-state index in [-0.39, 0.29) is 5.91 Å². The van der Waals surface area contributed by atoms with Gasteiger partial charge < -0.3 is 9.47 Å². The van der Waals surface area contributed by atoms with E-state index < -0.39 is 0 Å². The van der Waals surface area contributed by atoms with Crippen molar-refractivity contribution < 1.29 is 4.79 Å². The van der Waals surface area contributed by atoms with E-state index in [2.05, 4.69) is 18.7 Å². The topological polar surface area (TPSA) is 28.5 Å². The number of likely N-dealkylation sites (tertiary alicyclic amines) is 1. The largest absolute Gasteiger partial charge is 0.337 e. The lowest BCUT2D eigenvalue weighted by molar-refractivity contribution is 0.0778. The highest BCUT2D eigenvalue weighted by molar-refractivity contribution is 5.94. The zero-order chi connectivity index (χ0) is 16.2. The Balaban J connectivity index is 1.67. The molecule has 122 valence electrons. The second kappa shape index (κ2) is 7.01. The van der Waals surface area contributed by atoms with Gasteiger partial charge in [-0.1, -0.05) is 13.8 Å².